The molecule has 1 heterocycles. The number of carbonyl (C=O) groups is 1. The average Bonchev–Trinajstić information content (AvgIpc) is 2.66. The summed E-state index contributed by atoms with van der Waals surface area (Å²) in [5, 5.41) is 2.87. The first-order valence-corrected chi connectivity index (χ1v) is 6.49. The van der Waals surface area contributed by atoms with Crippen LogP contribution < -0.4 is 11.1 Å². The molecule has 0 saturated carbocycles. The van der Waals surface area contributed by atoms with Gasteiger partial charge in [-0.2, -0.15) is 0 Å². The Labute approximate surface area is 111 Å². The molecule has 2 rings (SSSR count). The zero-order valence-corrected chi connectivity index (χ0v) is 11.2. The minimum absolute atomic E-state index is 0.0100. The molecule has 0 aliphatic rings. The first-order valence-electron chi connectivity index (χ1n) is 6.49. The van der Waals surface area contributed by atoms with Gasteiger partial charge in [0.25, 0.3) is 0 Å². The van der Waals surface area contributed by atoms with Crippen LogP contribution in [0.5, 0.6) is 0 Å². The van der Waals surface area contributed by atoms with Gasteiger partial charge in [-0.25, -0.2) is 4.79 Å². The van der Waals surface area contributed by atoms with Gasteiger partial charge in [-0.05, 0) is 25.5 Å². The molecule has 5 heteroatoms. The van der Waals surface area contributed by atoms with Gasteiger partial charge in [0.15, 0.2) is 5.58 Å². The fourth-order valence-corrected chi connectivity index (χ4v) is 2.08. The zero-order chi connectivity index (χ0) is 13.8. The van der Waals surface area contributed by atoms with Crippen molar-refractivity contribution < 1.29 is 9.21 Å². The molecule has 1 N–H and O–H groups in total. The molecular weight excluding hydrogens is 244 g/mol. The van der Waals surface area contributed by atoms with Gasteiger partial charge in [0.05, 0.1) is 5.52 Å². The lowest BCUT2D eigenvalue weighted by atomic mass is 10.2. The summed E-state index contributed by atoms with van der Waals surface area (Å²) in [4.78, 5) is 23.3. The molecule has 1 atom stereocenters. The van der Waals surface area contributed by atoms with Crippen LogP contribution in [0, 0.1) is 0 Å². The van der Waals surface area contributed by atoms with E-state index in [-0.39, 0.29) is 11.9 Å². The van der Waals surface area contributed by atoms with Gasteiger partial charge in [-0.3, -0.25) is 9.36 Å². The fraction of sp³-hybridized carbons (Fsp3) is 0.429. The number of fused-ring (bicyclic) bond motifs is 1. The second-order valence-electron chi connectivity index (χ2n) is 4.66. The summed E-state index contributed by atoms with van der Waals surface area (Å²) in [5.41, 5.74) is 1.32. The highest BCUT2D eigenvalue weighted by Crippen LogP contribution is 2.12. The number of hydrogen-bond donors (Lipinski definition) is 1. The Kier molecular flexibility index (Phi) is 4.04. The molecule has 19 heavy (non-hydrogen) atoms. The molecule has 0 unspecified atom stereocenters. The molecule has 0 radical (unpaired) electrons. The Morgan fingerprint density at radius 1 is 1.42 bits per heavy atom. The normalized spacial score (nSPS) is 12.5. The third kappa shape index (κ3) is 3.05. The van der Waals surface area contributed by atoms with Crippen LogP contribution in [0.2, 0.25) is 0 Å². The number of benzene rings is 1. The maximum absolute atomic E-state index is 11.8. The van der Waals surface area contributed by atoms with E-state index in [4.69, 9.17) is 4.42 Å². The third-order valence-electron chi connectivity index (χ3n) is 2.91. The van der Waals surface area contributed by atoms with E-state index in [0.717, 1.165) is 11.9 Å². The van der Waals surface area contributed by atoms with Crippen molar-refractivity contribution in [3.8, 4) is 0 Å². The van der Waals surface area contributed by atoms with Crippen LogP contribution in [0.25, 0.3) is 11.1 Å². The Hall–Kier alpha value is -2.04. The molecule has 5 nitrogen and oxygen atoms in total. The van der Waals surface area contributed by atoms with Gasteiger partial charge in [0, 0.05) is 19.0 Å². The highest BCUT2D eigenvalue weighted by molar-refractivity contribution is 5.76. The number of oxazole rings is 1. The Balaban J connectivity index is 2.15. The number of amides is 1. The molecule has 1 amide bonds. The first kappa shape index (κ1) is 13.4. The number of carbonyl (C=O) groups excluding carboxylic acids is 1. The van der Waals surface area contributed by atoms with Crippen molar-refractivity contribution >= 4 is 17.0 Å². The predicted octanol–water partition coefficient (Wildman–Crippen LogP) is 1.90. The highest BCUT2D eigenvalue weighted by atomic mass is 16.4. The van der Waals surface area contributed by atoms with Crippen molar-refractivity contribution in [2.45, 2.75) is 39.3 Å². The summed E-state index contributed by atoms with van der Waals surface area (Å²) >= 11 is 0. The van der Waals surface area contributed by atoms with Gasteiger partial charge < -0.3 is 9.73 Å². The van der Waals surface area contributed by atoms with E-state index in [1.807, 2.05) is 32.0 Å². The van der Waals surface area contributed by atoms with Crippen molar-refractivity contribution in [3.63, 3.8) is 0 Å². The van der Waals surface area contributed by atoms with Gasteiger partial charge in [0.1, 0.15) is 0 Å². The van der Waals surface area contributed by atoms with E-state index in [1.54, 1.807) is 10.6 Å². The first-order chi connectivity index (χ1) is 9.11. The van der Waals surface area contributed by atoms with Crippen LogP contribution in [0.4, 0.5) is 0 Å². The molecule has 0 saturated heterocycles. The van der Waals surface area contributed by atoms with Crippen molar-refractivity contribution in [3.05, 3.63) is 34.8 Å². The summed E-state index contributed by atoms with van der Waals surface area (Å²) in [6.45, 7) is 4.24. The van der Waals surface area contributed by atoms with E-state index in [2.05, 4.69) is 5.32 Å². The highest BCUT2D eigenvalue weighted by Gasteiger charge is 2.13. The van der Waals surface area contributed by atoms with Crippen LogP contribution in [0.15, 0.2) is 33.5 Å². The van der Waals surface area contributed by atoms with Crippen molar-refractivity contribution in [2.75, 3.05) is 0 Å². The monoisotopic (exact) mass is 262 g/mol. The second kappa shape index (κ2) is 5.73. The Bertz CT molecular complexity index is 627. The quantitative estimate of drug-likeness (QED) is 0.895. The van der Waals surface area contributed by atoms with Gasteiger partial charge in [-0.15, -0.1) is 0 Å². The van der Waals surface area contributed by atoms with Crippen LogP contribution in [0.3, 0.4) is 0 Å². The lowest BCUT2D eigenvalue weighted by Gasteiger charge is -2.13. The smallest absolute Gasteiger partial charge is 0.408 e. The van der Waals surface area contributed by atoms with E-state index in [1.165, 1.54) is 0 Å². The van der Waals surface area contributed by atoms with Crippen LogP contribution in [-0.2, 0) is 11.3 Å². The van der Waals surface area contributed by atoms with Gasteiger partial charge in [-0.1, -0.05) is 19.1 Å². The predicted molar refractivity (Wildman–Crippen MR) is 73.0 cm³/mol. The van der Waals surface area contributed by atoms with E-state index < -0.39 is 5.76 Å². The molecule has 1 aromatic carbocycles. The number of aromatic nitrogens is 1. The SMILES string of the molecule is CCCC(=O)N[C@@H](C)Cn1c(=O)oc2ccccc21. The van der Waals surface area contributed by atoms with Crippen LogP contribution >= 0.6 is 0 Å². The van der Waals surface area contributed by atoms with Crippen molar-refractivity contribution in [1.29, 1.82) is 0 Å². The summed E-state index contributed by atoms with van der Waals surface area (Å²) in [7, 11) is 0. The summed E-state index contributed by atoms with van der Waals surface area (Å²) in [6.07, 6.45) is 1.32. The summed E-state index contributed by atoms with van der Waals surface area (Å²) < 4.78 is 6.69. The molecule has 0 spiro atoms. The standard InChI is InChI=1S/C14H18N2O3/c1-3-6-13(17)15-10(2)9-16-11-7-4-5-8-12(11)19-14(16)18/h4-5,7-8,10H,3,6,9H2,1-2H3,(H,15,17)/t10-/m0/s1. The second-order valence-corrected chi connectivity index (χ2v) is 4.66. The third-order valence-corrected chi connectivity index (χ3v) is 2.91. The zero-order valence-electron chi connectivity index (χ0n) is 11.2. The molecule has 0 aliphatic carbocycles. The van der Waals surface area contributed by atoms with Crippen LogP contribution in [-0.4, -0.2) is 16.5 Å². The molecule has 2 aromatic rings. The molecular formula is C14H18N2O3. The maximum atomic E-state index is 11.8. The number of rotatable bonds is 5. The molecule has 0 aliphatic heterocycles. The largest absolute Gasteiger partial charge is 0.420 e. The minimum atomic E-state index is -0.391. The lowest BCUT2D eigenvalue weighted by molar-refractivity contribution is -0.121. The van der Waals surface area contributed by atoms with E-state index >= 15 is 0 Å². The number of nitrogens with one attached hydrogen (secondary N) is 1. The maximum Gasteiger partial charge on any atom is 0.420 e. The number of para-hydroxylation sites is 2. The Morgan fingerprint density at radius 2 is 2.16 bits per heavy atom. The Morgan fingerprint density at radius 3 is 2.89 bits per heavy atom. The fourth-order valence-electron chi connectivity index (χ4n) is 2.08. The molecule has 0 bridgehead atoms. The average molecular weight is 262 g/mol. The molecule has 1 aromatic heterocycles. The molecule has 0 fully saturated rings. The topological polar surface area (TPSA) is 64.2 Å². The van der Waals surface area contributed by atoms with Crippen LogP contribution in [0.1, 0.15) is 26.7 Å². The summed E-state index contributed by atoms with van der Waals surface area (Å²) in [5.74, 6) is -0.381. The van der Waals surface area contributed by atoms with Gasteiger partial charge in [0.2, 0.25) is 5.91 Å². The summed E-state index contributed by atoms with van der Waals surface area (Å²) in [6, 6.07) is 7.16. The van der Waals surface area contributed by atoms with Gasteiger partial charge >= 0.3 is 5.76 Å². The lowest BCUT2D eigenvalue weighted by Crippen LogP contribution is -2.37. The molecule has 102 valence electrons. The van der Waals surface area contributed by atoms with Crippen molar-refractivity contribution in [2.24, 2.45) is 0 Å². The van der Waals surface area contributed by atoms with E-state index in [9.17, 15) is 9.59 Å². The number of nitrogens with zero attached hydrogens (tertiary/aromatic N) is 1. The minimum Gasteiger partial charge on any atom is -0.408 e. The van der Waals surface area contributed by atoms with Crippen molar-refractivity contribution in [1.82, 2.24) is 9.88 Å². The van der Waals surface area contributed by atoms with E-state index in [0.29, 0.717) is 18.5 Å². The number of hydrogen-bond acceptors (Lipinski definition) is 3.